The highest BCUT2D eigenvalue weighted by Crippen LogP contribution is 2.30. The molecule has 0 bridgehead atoms. The summed E-state index contributed by atoms with van der Waals surface area (Å²) in [7, 11) is 1.32. The van der Waals surface area contributed by atoms with Crippen LogP contribution in [-0.4, -0.2) is 25.0 Å². The molecule has 0 spiro atoms. The standard InChI is InChI=1S/C21H18BrNO3S/c1-26-21(25)18(12-14-6-3-2-4-7-14)23-20(24)16-10-9-15(22)13-17(16)19-8-5-11-27-19/h2-11,13,18H,12H2,1H3,(H,23,24). The van der Waals surface area contributed by atoms with Gasteiger partial charge in [0.05, 0.1) is 7.11 Å². The number of nitrogens with one attached hydrogen (secondary N) is 1. The van der Waals surface area contributed by atoms with E-state index in [1.807, 2.05) is 60.0 Å². The predicted molar refractivity (Wildman–Crippen MR) is 111 cm³/mol. The van der Waals surface area contributed by atoms with Crippen molar-refractivity contribution in [2.75, 3.05) is 7.11 Å². The SMILES string of the molecule is COC(=O)C(Cc1ccccc1)NC(=O)c1ccc(Br)cc1-c1cccs1. The van der Waals surface area contributed by atoms with Gasteiger partial charge in [0, 0.05) is 26.9 Å². The fourth-order valence-electron chi connectivity index (χ4n) is 2.77. The van der Waals surface area contributed by atoms with Crippen molar-refractivity contribution in [2.24, 2.45) is 0 Å². The smallest absolute Gasteiger partial charge is 0.328 e. The number of ether oxygens (including phenoxy) is 1. The van der Waals surface area contributed by atoms with Crippen LogP contribution in [0.4, 0.5) is 0 Å². The molecular weight excluding hydrogens is 426 g/mol. The minimum Gasteiger partial charge on any atom is -0.467 e. The van der Waals surface area contributed by atoms with Gasteiger partial charge in [-0.15, -0.1) is 11.3 Å². The van der Waals surface area contributed by atoms with Crippen LogP contribution in [-0.2, 0) is 16.0 Å². The van der Waals surface area contributed by atoms with E-state index in [9.17, 15) is 9.59 Å². The zero-order valence-corrected chi connectivity index (χ0v) is 17.0. The lowest BCUT2D eigenvalue weighted by Gasteiger charge is -2.18. The van der Waals surface area contributed by atoms with E-state index in [0.717, 1.165) is 20.5 Å². The molecule has 0 fully saturated rings. The van der Waals surface area contributed by atoms with E-state index in [-0.39, 0.29) is 5.91 Å². The second-order valence-electron chi connectivity index (χ2n) is 5.91. The van der Waals surface area contributed by atoms with Crippen molar-refractivity contribution < 1.29 is 14.3 Å². The van der Waals surface area contributed by atoms with Crippen LogP contribution in [0.1, 0.15) is 15.9 Å². The average Bonchev–Trinajstić information content (AvgIpc) is 3.22. The van der Waals surface area contributed by atoms with Crippen LogP contribution >= 0.6 is 27.3 Å². The summed E-state index contributed by atoms with van der Waals surface area (Å²) in [6.07, 6.45) is 0.365. The molecule has 1 unspecified atom stereocenters. The average molecular weight is 444 g/mol. The van der Waals surface area contributed by atoms with E-state index < -0.39 is 12.0 Å². The number of thiophene rings is 1. The summed E-state index contributed by atoms with van der Waals surface area (Å²) < 4.78 is 5.77. The lowest BCUT2D eigenvalue weighted by molar-refractivity contribution is -0.142. The largest absolute Gasteiger partial charge is 0.467 e. The van der Waals surface area contributed by atoms with Crippen LogP contribution in [0.3, 0.4) is 0 Å². The van der Waals surface area contributed by atoms with Crippen molar-refractivity contribution in [1.29, 1.82) is 0 Å². The van der Waals surface area contributed by atoms with Crippen molar-refractivity contribution in [2.45, 2.75) is 12.5 Å². The van der Waals surface area contributed by atoms with Gasteiger partial charge in [0.15, 0.2) is 0 Å². The highest BCUT2D eigenvalue weighted by molar-refractivity contribution is 9.10. The Morgan fingerprint density at radius 2 is 1.89 bits per heavy atom. The van der Waals surface area contributed by atoms with E-state index in [1.54, 1.807) is 17.4 Å². The molecule has 1 amide bonds. The molecule has 0 radical (unpaired) electrons. The van der Waals surface area contributed by atoms with E-state index in [1.165, 1.54) is 7.11 Å². The lowest BCUT2D eigenvalue weighted by atomic mass is 10.0. The number of amides is 1. The molecule has 0 aliphatic carbocycles. The van der Waals surface area contributed by atoms with Crippen LogP contribution in [0.25, 0.3) is 10.4 Å². The predicted octanol–water partition coefficient (Wildman–Crippen LogP) is 4.69. The molecule has 3 aromatic rings. The number of carbonyl (C=O) groups excluding carboxylic acids is 2. The van der Waals surface area contributed by atoms with Crippen molar-refractivity contribution in [3.8, 4) is 10.4 Å². The second kappa shape index (κ2) is 8.97. The molecule has 2 aromatic carbocycles. The molecule has 1 N–H and O–H groups in total. The minimum atomic E-state index is -0.760. The maximum atomic E-state index is 13.0. The molecule has 1 atom stereocenters. The molecule has 0 aliphatic heterocycles. The highest BCUT2D eigenvalue weighted by Gasteiger charge is 2.24. The maximum Gasteiger partial charge on any atom is 0.328 e. The minimum absolute atomic E-state index is 0.308. The summed E-state index contributed by atoms with van der Waals surface area (Å²) in [6, 6.07) is 18.2. The Labute approximate surface area is 170 Å². The van der Waals surface area contributed by atoms with Crippen LogP contribution in [0, 0.1) is 0 Å². The van der Waals surface area contributed by atoms with Gasteiger partial charge < -0.3 is 10.1 Å². The first-order valence-corrected chi connectivity index (χ1v) is 10.0. The first kappa shape index (κ1) is 19.3. The summed E-state index contributed by atoms with van der Waals surface area (Å²) in [6.45, 7) is 0. The van der Waals surface area contributed by atoms with Gasteiger partial charge in [-0.25, -0.2) is 4.79 Å². The van der Waals surface area contributed by atoms with E-state index in [2.05, 4.69) is 21.2 Å². The van der Waals surface area contributed by atoms with Gasteiger partial charge in [-0.1, -0.05) is 52.3 Å². The van der Waals surface area contributed by atoms with Gasteiger partial charge in [0.1, 0.15) is 6.04 Å². The number of hydrogen-bond donors (Lipinski definition) is 1. The third kappa shape index (κ3) is 4.84. The topological polar surface area (TPSA) is 55.4 Å². The number of esters is 1. The van der Waals surface area contributed by atoms with Crippen molar-refractivity contribution >= 4 is 39.1 Å². The molecule has 0 saturated carbocycles. The molecular formula is C21H18BrNO3S. The molecule has 4 nitrogen and oxygen atoms in total. The molecule has 138 valence electrons. The van der Waals surface area contributed by atoms with Crippen LogP contribution in [0.2, 0.25) is 0 Å². The van der Waals surface area contributed by atoms with Gasteiger partial charge in [-0.3, -0.25) is 4.79 Å². The Balaban J connectivity index is 1.87. The van der Waals surface area contributed by atoms with Crippen LogP contribution < -0.4 is 5.32 Å². The number of halogens is 1. The first-order valence-electron chi connectivity index (χ1n) is 8.34. The Morgan fingerprint density at radius 3 is 2.56 bits per heavy atom. The molecule has 1 aromatic heterocycles. The molecule has 0 aliphatic rings. The van der Waals surface area contributed by atoms with Gasteiger partial charge in [-0.2, -0.15) is 0 Å². The molecule has 6 heteroatoms. The Kier molecular flexibility index (Phi) is 6.42. The highest BCUT2D eigenvalue weighted by atomic mass is 79.9. The number of hydrogen-bond acceptors (Lipinski definition) is 4. The number of benzene rings is 2. The summed E-state index contributed by atoms with van der Waals surface area (Å²) >= 11 is 5.02. The molecule has 1 heterocycles. The van der Waals surface area contributed by atoms with Crippen LogP contribution in [0.5, 0.6) is 0 Å². The zero-order valence-electron chi connectivity index (χ0n) is 14.6. The monoisotopic (exact) mass is 443 g/mol. The summed E-state index contributed by atoms with van der Waals surface area (Å²) in [4.78, 5) is 26.2. The zero-order chi connectivity index (χ0) is 19.2. The van der Waals surface area contributed by atoms with Gasteiger partial charge in [0.25, 0.3) is 5.91 Å². The van der Waals surface area contributed by atoms with Crippen molar-refractivity contribution in [3.05, 3.63) is 81.6 Å². The third-order valence-corrected chi connectivity index (χ3v) is 5.48. The van der Waals surface area contributed by atoms with E-state index >= 15 is 0 Å². The summed E-state index contributed by atoms with van der Waals surface area (Å²) in [5.41, 5.74) is 2.28. The second-order valence-corrected chi connectivity index (χ2v) is 7.77. The number of carbonyl (C=O) groups is 2. The van der Waals surface area contributed by atoms with Gasteiger partial charge in [-0.05, 0) is 35.2 Å². The fourth-order valence-corrected chi connectivity index (χ4v) is 3.89. The third-order valence-electron chi connectivity index (χ3n) is 4.09. The van der Waals surface area contributed by atoms with Gasteiger partial charge >= 0.3 is 5.97 Å². The first-order chi connectivity index (χ1) is 13.1. The van der Waals surface area contributed by atoms with Crippen molar-refractivity contribution in [1.82, 2.24) is 5.32 Å². The van der Waals surface area contributed by atoms with Crippen molar-refractivity contribution in [3.63, 3.8) is 0 Å². The summed E-state index contributed by atoms with van der Waals surface area (Å²) in [5.74, 6) is -0.779. The van der Waals surface area contributed by atoms with E-state index in [4.69, 9.17) is 4.74 Å². The lowest BCUT2D eigenvalue weighted by Crippen LogP contribution is -2.43. The Bertz CT molecular complexity index is 926. The molecule has 0 saturated heterocycles. The quantitative estimate of drug-likeness (QED) is 0.562. The Morgan fingerprint density at radius 1 is 1.11 bits per heavy atom. The summed E-state index contributed by atoms with van der Waals surface area (Å²) in [5, 5.41) is 4.79. The number of methoxy groups -OCH3 is 1. The molecule has 3 rings (SSSR count). The fraction of sp³-hybridized carbons (Fsp3) is 0.143. The van der Waals surface area contributed by atoms with Crippen LogP contribution in [0.15, 0.2) is 70.5 Å². The normalized spacial score (nSPS) is 11.6. The Hall–Kier alpha value is -2.44. The molecule has 27 heavy (non-hydrogen) atoms. The van der Waals surface area contributed by atoms with Gasteiger partial charge in [0.2, 0.25) is 0 Å². The maximum absolute atomic E-state index is 13.0. The number of rotatable bonds is 6. The van der Waals surface area contributed by atoms with E-state index in [0.29, 0.717) is 12.0 Å².